The van der Waals surface area contributed by atoms with Crippen LogP contribution in [0.4, 0.5) is 26.6 Å². The van der Waals surface area contributed by atoms with Gasteiger partial charge in [0.05, 0.1) is 28.4 Å². The Labute approximate surface area is 357 Å². The zero-order chi connectivity index (χ0) is 43.5. The predicted octanol–water partition coefficient (Wildman–Crippen LogP) is 5.58. The molecule has 3 aliphatic heterocycles. The number of hydrogen-bond donors (Lipinski definition) is 3. The standard InChI is InChI=1S/C42H50FN13O5S/c1-25(2)61-37-36(29-20-45-46-21-29)44-24-56-39(37)49-40(51-56)47-33-11-9-30(18-32(33)43)62(59,60)54-14-6-7-26(23-54)22-53-15-12-28(19-42(53,3)4)27-8-10-31-34(17-27)52(5)50-38(31)55-16-13-35(57)48-41(55)58/h8-11,17-18,20-21,24-26,28H,6-7,12-16,19,22-23H2,1-5H3,(H,45,46)(H,47,51)(H,48,57,58). The van der Waals surface area contributed by atoms with Crippen LogP contribution in [0.5, 0.6) is 5.75 Å². The Morgan fingerprint density at radius 3 is 2.65 bits per heavy atom. The minimum atomic E-state index is -3.99. The number of anilines is 3. The lowest BCUT2D eigenvalue weighted by Crippen LogP contribution is -2.53. The van der Waals surface area contributed by atoms with Crippen LogP contribution in [-0.4, -0.2) is 113 Å². The van der Waals surface area contributed by atoms with Crippen LogP contribution in [0, 0.1) is 11.7 Å². The minimum Gasteiger partial charge on any atom is -0.485 e. The number of imide groups is 1. The number of rotatable bonds is 11. The van der Waals surface area contributed by atoms with E-state index in [0.717, 1.165) is 49.3 Å². The van der Waals surface area contributed by atoms with Crippen LogP contribution >= 0.6 is 0 Å². The number of aromatic amines is 1. The quantitative estimate of drug-likeness (QED) is 0.146. The second kappa shape index (κ2) is 16.0. The van der Waals surface area contributed by atoms with Gasteiger partial charge in [0, 0.05) is 62.3 Å². The smallest absolute Gasteiger partial charge is 0.329 e. The van der Waals surface area contributed by atoms with Crippen LogP contribution in [-0.2, 0) is 21.9 Å². The van der Waals surface area contributed by atoms with Crippen molar-refractivity contribution in [2.24, 2.45) is 13.0 Å². The van der Waals surface area contributed by atoms with E-state index in [2.05, 4.69) is 71.9 Å². The molecule has 0 bridgehead atoms. The molecule has 3 aliphatic rings. The molecule has 7 heterocycles. The van der Waals surface area contributed by atoms with Gasteiger partial charge in [0.15, 0.2) is 11.6 Å². The van der Waals surface area contributed by atoms with E-state index < -0.39 is 21.9 Å². The average Bonchev–Trinajstić information content (AvgIpc) is 3.99. The molecule has 2 atom stereocenters. The van der Waals surface area contributed by atoms with Crippen LogP contribution in [0.3, 0.4) is 0 Å². The van der Waals surface area contributed by atoms with E-state index >= 15 is 4.39 Å². The zero-order valence-electron chi connectivity index (χ0n) is 35.3. The maximum absolute atomic E-state index is 15.7. The molecule has 3 fully saturated rings. The van der Waals surface area contributed by atoms with Crippen LogP contribution < -0.4 is 20.3 Å². The van der Waals surface area contributed by atoms with Crippen molar-refractivity contribution in [2.45, 2.75) is 82.3 Å². The fourth-order valence-electron chi connectivity index (χ4n) is 9.10. The molecule has 0 radical (unpaired) electrons. The number of aryl methyl sites for hydroxylation is 1. The Morgan fingerprint density at radius 1 is 1.06 bits per heavy atom. The lowest BCUT2D eigenvalue weighted by atomic mass is 9.78. The molecule has 6 aromatic rings. The topological polar surface area (TPSA) is 201 Å². The van der Waals surface area contributed by atoms with Gasteiger partial charge in [-0.25, -0.2) is 22.6 Å². The van der Waals surface area contributed by atoms with E-state index in [1.807, 2.05) is 27.0 Å². The van der Waals surface area contributed by atoms with E-state index in [4.69, 9.17) is 4.74 Å². The van der Waals surface area contributed by atoms with E-state index in [-0.39, 0.29) is 53.0 Å². The molecule has 326 valence electrons. The number of hydrogen-bond acceptors (Lipinski definition) is 12. The number of piperidine rings is 2. The molecule has 2 aromatic carbocycles. The second-order valence-corrected chi connectivity index (χ2v) is 19.3. The van der Waals surface area contributed by atoms with Crippen molar-refractivity contribution >= 4 is 56.0 Å². The molecule has 0 saturated carbocycles. The number of aromatic nitrogens is 8. The van der Waals surface area contributed by atoms with E-state index in [9.17, 15) is 18.0 Å². The number of urea groups is 1. The molecule has 3 N–H and O–H groups in total. The monoisotopic (exact) mass is 867 g/mol. The van der Waals surface area contributed by atoms with Crippen molar-refractivity contribution in [1.82, 2.24) is 54.1 Å². The van der Waals surface area contributed by atoms with Crippen molar-refractivity contribution in [2.75, 3.05) is 42.9 Å². The Balaban J connectivity index is 0.849. The SMILES string of the molecule is CC(C)Oc1c(-c2cn[nH]c2)ncn2nc(Nc3ccc(S(=O)(=O)N4CCCC(CN5CCC(c6ccc7c(N8CCC(=O)NC8=O)nn(C)c7c6)CC5(C)C)C4)cc3F)nc12. The number of sulfonamides is 1. The van der Waals surface area contributed by atoms with Crippen LogP contribution in [0.2, 0.25) is 0 Å². The van der Waals surface area contributed by atoms with Gasteiger partial charge in [-0.3, -0.25) is 29.7 Å². The summed E-state index contributed by atoms with van der Waals surface area (Å²) < 4.78 is 54.5. The molecule has 2 unspecified atom stereocenters. The molecule has 3 amide bonds. The number of carbonyl (C=O) groups excluding carboxylic acids is 2. The van der Waals surface area contributed by atoms with Crippen molar-refractivity contribution in [1.29, 1.82) is 0 Å². The van der Waals surface area contributed by atoms with Crippen LogP contribution in [0.1, 0.15) is 71.3 Å². The lowest BCUT2D eigenvalue weighted by Gasteiger charge is -2.48. The van der Waals surface area contributed by atoms with Crippen LogP contribution in [0.15, 0.2) is 60.0 Å². The van der Waals surface area contributed by atoms with Gasteiger partial charge in [-0.05, 0) is 108 Å². The third kappa shape index (κ3) is 7.85. The number of likely N-dealkylation sites (tertiary alicyclic amines) is 1. The van der Waals surface area contributed by atoms with Crippen molar-refractivity contribution in [3.05, 3.63) is 66.5 Å². The number of nitrogens with one attached hydrogen (secondary N) is 3. The largest absolute Gasteiger partial charge is 0.485 e. The molecule has 4 aromatic heterocycles. The van der Waals surface area contributed by atoms with Gasteiger partial charge in [0.25, 0.3) is 0 Å². The van der Waals surface area contributed by atoms with Gasteiger partial charge in [0.1, 0.15) is 17.8 Å². The Morgan fingerprint density at radius 2 is 1.90 bits per heavy atom. The Bertz CT molecular complexity index is 2790. The molecule has 20 heteroatoms. The van der Waals surface area contributed by atoms with Gasteiger partial charge in [-0.15, -0.1) is 5.10 Å². The first-order valence-corrected chi connectivity index (χ1v) is 22.4. The average molecular weight is 868 g/mol. The summed E-state index contributed by atoms with van der Waals surface area (Å²) in [6, 6.07) is 9.71. The van der Waals surface area contributed by atoms with E-state index in [1.54, 1.807) is 17.1 Å². The number of fused-ring (bicyclic) bond motifs is 2. The van der Waals surface area contributed by atoms with Gasteiger partial charge in [0.2, 0.25) is 27.5 Å². The first-order valence-electron chi connectivity index (χ1n) is 21.0. The Kier molecular flexibility index (Phi) is 10.7. The highest BCUT2D eigenvalue weighted by atomic mass is 32.2. The molecule has 3 saturated heterocycles. The fraction of sp³-hybridized carbons (Fsp3) is 0.452. The van der Waals surface area contributed by atoms with Crippen molar-refractivity contribution in [3.8, 4) is 17.0 Å². The fourth-order valence-corrected chi connectivity index (χ4v) is 10.7. The first-order chi connectivity index (χ1) is 29.6. The summed E-state index contributed by atoms with van der Waals surface area (Å²) in [7, 11) is -2.12. The number of nitrogens with zero attached hydrogens (tertiary/aromatic N) is 10. The molecule has 18 nitrogen and oxygen atoms in total. The number of ether oxygens (including phenoxy) is 1. The van der Waals surface area contributed by atoms with Gasteiger partial charge >= 0.3 is 6.03 Å². The van der Waals surface area contributed by atoms with Crippen molar-refractivity contribution < 1.29 is 27.1 Å². The summed E-state index contributed by atoms with van der Waals surface area (Å²) in [5, 5.41) is 22.0. The molecule has 9 rings (SSSR count). The summed E-state index contributed by atoms with van der Waals surface area (Å²) in [6.45, 7) is 10.9. The summed E-state index contributed by atoms with van der Waals surface area (Å²) in [5.74, 6) is 0.385. The number of carbonyl (C=O) groups is 2. The highest BCUT2D eigenvalue weighted by molar-refractivity contribution is 7.89. The summed E-state index contributed by atoms with van der Waals surface area (Å²) in [4.78, 5) is 37.3. The summed E-state index contributed by atoms with van der Waals surface area (Å²) in [6.07, 6.45) is 8.29. The van der Waals surface area contributed by atoms with Crippen molar-refractivity contribution in [3.63, 3.8) is 0 Å². The molecule has 0 aliphatic carbocycles. The maximum Gasteiger partial charge on any atom is 0.329 e. The first kappa shape index (κ1) is 41.4. The number of benzene rings is 2. The number of amides is 3. The normalized spacial score (nSPS) is 20.3. The third-order valence-electron chi connectivity index (χ3n) is 12.2. The number of H-pyrrole nitrogens is 1. The number of halogens is 1. The second-order valence-electron chi connectivity index (χ2n) is 17.3. The molecule has 0 spiro atoms. The highest BCUT2D eigenvalue weighted by Crippen LogP contribution is 2.41. The minimum absolute atomic E-state index is 0.0200. The van der Waals surface area contributed by atoms with Gasteiger partial charge < -0.3 is 10.1 Å². The van der Waals surface area contributed by atoms with Gasteiger partial charge in [-0.1, -0.05) is 6.07 Å². The maximum atomic E-state index is 15.7. The molecular weight excluding hydrogens is 818 g/mol. The highest BCUT2D eigenvalue weighted by Gasteiger charge is 2.39. The summed E-state index contributed by atoms with van der Waals surface area (Å²) in [5.41, 5.74) is 3.58. The Hall–Kier alpha value is -5.99. The lowest BCUT2D eigenvalue weighted by molar-refractivity contribution is -0.120. The predicted molar refractivity (Wildman–Crippen MR) is 229 cm³/mol. The molecule has 62 heavy (non-hydrogen) atoms. The molecular formula is C42H50FN13O5S. The zero-order valence-corrected chi connectivity index (χ0v) is 36.1. The van der Waals surface area contributed by atoms with Crippen LogP contribution in [0.25, 0.3) is 27.8 Å². The van der Waals surface area contributed by atoms with E-state index in [1.165, 1.54) is 37.7 Å². The van der Waals surface area contributed by atoms with E-state index in [0.29, 0.717) is 53.9 Å². The third-order valence-corrected chi connectivity index (χ3v) is 14.1. The summed E-state index contributed by atoms with van der Waals surface area (Å²) >= 11 is 0. The van der Waals surface area contributed by atoms with Gasteiger partial charge in [-0.2, -0.15) is 24.0 Å².